The summed E-state index contributed by atoms with van der Waals surface area (Å²) in [5.41, 5.74) is 2.02. The third kappa shape index (κ3) is 3.46. The van der Waals surface area contributed by atoms with Crippen molar-refractivity contribution < 1.29 is 4.79 Å². The lowest BCUT2D eigenvalue weighted by Crippen LogP contribution is -2.35. The summed E-state index contributed by atoms with van der Waals surface area (Å²) in [4.78, 5) is 29.7. The molecule has 3 aromatic heterocycles. The molecule has 0 radical (unpaired) electrons. The van der Waals surface area contributed by atoms with Gasteiger partial charge < -0.3 is 10.2 Å². The number of likely N-dealkylation sites (N-methyl/N-ethyl adjacent to an activating group) is 2. The van der Waals surface area contributed by atoms with Crippen LogP contribution in [0.1, 0.15) is 17.4 Å². The van der Waals surface area contributed by atoms with Crippen LogP contribution < -0.4 is 10.2 Å². The van der Waals surface area contributed by atoms with E-state index in [-0.39, 0.29) is 12.5 Å². The fourth-order valence-electron chi connectivity index (χ4n) is 2.67. The van der Waals surface area contributed by atoms with Crippen LogP contribution in [0.5, 0.6) is 0 Å². The molecular weight excluding hydrogens is 334 g/mol. The minimum absolute atomic E-state index is 0.0238. The quantitative estimate of drug-likeness (QED) is 0.762. The van der Waals surface area contributed by atoms with E-state index in [4.69, 9.17) is 9.97 Å². The molecule has 0 aliphatic rings. The van der Waals surface area contributed by atoms with Crippen molar-refractivity contribution in [3.63, 3.8) is 0 Å². The standard InChI is InChI=1S/C18H21N5OS/c1-5-20-14(24)10-23(4)17-15-11(2)12(3)25-18(15)22-16(21-17)13-7-6-8-19-9-13/h6-9H,5,10H2,1-4H3,(H,20,24). The van der Waals surface area contributed by atoms with Gasteiger partial charge in [0.05, 0.1) is 11.9 Å². The largest absolute Gasteiger partial charge is 0.355 e. The molecule has 0 spiro atoms. The molecule has 130 valence electrons. The SMILES string of the molecule is CCNC(=O)CN(C)c1nc(-c2cccnc2)nc2sc(C)c(C)c12. The van der Waals surface area contributed by atoms with E-state index in [1.807, 2.05) is 31.0 Å². The molecule has 0 fully saturated rings. The number of nitrogens with one attached hydrogen (secondary N) is 1. The van der Waals surface area contributed by atoms with E-state index in [1.165, 1.54) is 4.88 Å². The zero-order valence-electron chi connectivity index (χ0n) is 14.8. The van der Waals surface area contributed by atoms with Gasteiger partial charge in [0.2, 0.25) is 5.91 Å². The van der Waals surface area contributed by atoms with E-state index in [1.54, 1.807) is 23.7 Å². The van der Waals surface area contributed by atoms with Gasteiger partial charge in [0, 0.05) is 36.4 Å². The summed E-state index contributed by atoms with van der Waals surface area (Å²) >= 11 is 1.65. The van der Waals surface area contributed by atoms with Gasteiger partial charge in [0.25, 0.3) is 0 Å². The summed E-state index contributed by atoms with van der Waals surface area (Å²) in [6.07, 6.45) is 3.48. The molecular formula is C18H21N5OS. The van der Waals surface area contributed by atoms with Crippen LogP contribution >= 0.6 is 11.3 Å². The number of amides is 1. The lowest BCUT2D eigenvalue weighted by molar-refractivity contribution is -0.119. The van der Waals surface area contributed by atoms with E-state index in [0.717, 1.165) is 27.2 Å². The topological polar surface area (TPSA) is 71.0 Å². The van der Waals surface area contributed by atoms with Gasteiger partial charge in [0.15, 0.2) is 5.82 Å². The van der Waals surface area contributed by atoms with Crippen molar-refractivity contribution in [2.45, 2.75) is 20.8 Å². The van der Waals surface area contributed by atoms with E-state index in [2.05, 4.69) is 24.1 Å². The van der Waals surface area contributed by atoms with Crippen LogP contribution in [0.4, 0.5) is 5.82 Å². The van der Waals surface area contributed by atoms with Gasteiger partial charge in [-0.15, -0.1) is 11.3 Å². The van der Waals surface area contributed by atoms with Gasteiger partial charge in [-0.25, -0.2) is 9.97 Å². The first-order valence-corrected chi connectivity index (χ1v) is 8.98. The summed E-state index contributed by atoms with van der Waals surface area (Å²) in [6.45, 7) is 6.93. The Morgan fingerprint density at radius 2 is 2.12 bits per heavy atom. The molecule has 3 rings (SSSR count). The molecule has 25 heavy (non-hydrogen) atoms. The van der Waals surface area contributed by atoms with Crippen molar-refractivity contribution in [3.8, 4) is 11.4 Å². The maximum absolute atomic E-state index is 12.0. The van der Waals surface area contributed by atoms with Crippen LogP contribution in [0.3, 0.4) is 0 Å². The van der Waals surface area contributed by atoms with Crippen LogP contribution in [0.15, 0.2) is 24.5 Å². The number of nitrogens with zero attached hydrogens (tertiary/aromatic N) is 4. The van der Waals surface area contributed by atoms with Gasteiger partial charge in [-0.05, 0) is 38.5 Å². The summed E-state index contributed by atoms with van der Waals surface area (Å²) in [7, 11) is 1.89. The number of aromatic nitrogens is 3. The monoisotopic (exact) mass is 355 g/mol. The van der Waals surface area contributed by atoms with Crippen molar-refractivity contribution in [1.29, 1.82) is 0 Å². The Hall–Kier alpha value is -2.54. The lowest BCUT2D eigenvalue weighted by atomic mass is 10.2. The Morgan fingerprint density at radius 1 is 1.32 bits per heavy atom. The summed E-state index contributed by atoms with van der Waals surface area (Å²) in [6, 6.07) is 3.81. The molecule has 0 aliphatic carbocycles. The van der Waals surface area contributed by atoms with Gasteiger partial charge in [-0.3, -0.25) is 9.78 Å². The highest BCUT2D eigenvalue weighted by Gasteiger charge is 2.19. The minimum atomic E-state index is -0.0238. The normalized spacial score (nSPS) is 10.9. The molecule has 1 N–H and O–H groups in total. The highest BCUT2D eigenvalue weighted by atomic mass is 32.1. The molecule has 1 amide bonds. The zero-order chi connectivity index (χ0) is 18.0. The number of fused-ring (bicyclic) bond motifs is 1. The highest BCUT2D eigenvalue weighted by molar-refractivity contribution is 7.18. The van der Waals surface area contributed by atoms with Crippen LogP contribution in [0.2, 0.25) is 0 Å². The molecule has 7 heteroatoms. The molecule has 3 aromatic rings. The maximum Gasteiger partial charge on any atom is 0.239 e. The fourth-order valence-corrected chi connectivity index (χ4v) is 3.70. The molecule has 0 atom stereocenters. The molecule has 6 nitrogen and oxygen atoms in total. The first-order valence-electron chi connectivity index (χ1n) is 8.17. The predicted octanol–water partition coefficient (Wildman–Crippen LogP) is 2.94. The molecule has 0 saturated carbocycles. The number of aryl methyl sites for hydroxylation is 2. The average Bonchev–Trinajstić information content (AvgIpc) is 2.89. The molecule has 0 aromatic carbocycles. The van der Waals surface area contributed by atoms with E-state index in [9.17, 15) is 4.79 Å². The number of anilines is 1. The molecule has 0 unspecified atom stereocenters. The molecule has 0 bridgehead atoms. The van der Waals surface area contributed by atoms with E-state index >= 15 is 0 Å². The van der Waals surface area contributed by atoms with Crippen LogP contribution in [0.25, 0.3) is 21.6 Å². The summed E-state index contributed by atoms with van der Waals surface area (Å²) in [5, 5.41) is 3.84. The Labute approximate surface area is 150 Å². The number of carbonyl (C=O) groups is 1. The molecule has 0 saturated heterocycles. The number of rotatable bonds is 5. The highest BCUT2D eigenvalue weighted by Crippen LogP contribution is 2.36. The smallest absolute Gasteiger partial charge is 0.239 e. The number of thiophene rings is 1. The Morgan fingerprint density at radius 3 is 2.80 bits per heavy atom. The van der Waals surface area contributed by atoms with E-state index in [0.29, 0.717) is 12.4 Å². The lowest BCUT2D eigenvalue weighted by Gasteiger charge is -2.19. The van der Waals surface area contributed by atoms with Gasteiger partial charge >= 0.3 is 0 Å². The number of carbonyl (C=O) groups excluding carboxylic acids is 1. The van der Waals surface area contributed by atoms with Gasteiger partial charge in [0.1, 0.15) is 10.6 Å². The summed E-state index contributed by atoms with van der Waals surface area (Å²) < 4.78 is 0. The van der Waals surface area contributed by atoms with Crippen LogP contribution in [-0.2, 0) is 4.79 Å². The van der Waals surface area contributed by atoms with Crippen molar-refractivity contribution in [2.75, 3.05) is 25.0 Å². The number of pyridine rings is 1. The average molecular weight is 355 g/mol. The third-order valence-electron chi connectivity index (χ3n) is 4.05. The Balaban J connectivity index is 2.12. The van der Waals surface area contributed by atoms with Crippen molar-refractivity contribution >= 4 is 33.3 Å². The first-order chi connectivity index (χ1) is 12.0. The van der Waals surface area contributed by atoms with Crippen molar-refractivity contribution in [3.05, 3.63) is 35.0 Å². The second kappa shape index (κ2) is 7.14. The third-order valence-corrected chi connectivity index (χ3v) is 5.15. The second-order valence-electron chi connectivity index (χ2n) is 5.89. The summed E-state index contributed by atoms with van der Waals surface area (Å²) in [5.74, 6) is 1.38. The molecule has 3 heterocycles. The Kier molecular flexibility index (Phi) is 4.94. The first kappa shape index (κ1) is 17.3. The van der Waals surface area contributed by atoms with Crippen molar-refractivity contribution in [2.24, 2.45) is 0 Å². The number of hydrogen-bond donors (Lipinski definition) is 1. The van der Waals surface area contributed by atoms with Crippen LogP contribution in [0, 0.1) is 13.8 Å². The van der Waals surface area contributed by atoms with Crippen molar-refractivity contribution in [1.82, 2.24) is 20.3 Å². The van der Waals surface area contributed by atoms with E-state index < -0.39 is 0 Å². The fraction of sp³-hybridized carbons (Fsp3) is 0.333. The predicted molar refractivity (Wildman–Crippen MR) is 102 cm³/mol. The maximum atomic E-state index is 12.0. The Bertz CT molecular complexity index is 907. The molecule has 0 aliphatic heterocycles. The van der Waals surface area contributed by atoms with Crippen LogP contribution in [-0.4, -0.2) is 41.0 Å². The van der Waals surface area contributed by atoms with Gasteiger partial charge in [-0.2, -0.15) is 0 Å². The second-order valence-corrected chi connectivity index (χ2v) is 7.09. The van der Waals surface area contributed by atoms with Gasteiger partial charge in [-0.1, -0.05) is 0 Å². The number of hydrogen-bond acceptors (Lipinski definition) is 6. The zero-order valence-corrected chi connectivity index (χ0v) is 15.6. The minimum Gasteiger partial charge on any atom is -0.355 e.